The Morgan fingerprint density at radius 2 is 1.80 bits per heavy atom. The summed E-state index contributed by atoms with van der Waals surface area (Å²) >= 11 is 0. The zero-order valence-corrected chi connectivity index (χ0v) is 8.67. The highest BCUT2D eigenvalue weighted by Crippen LogP contribution is 2.29. The molecule has 1 aromatic carbocycles. The summed E-state index contributed by atoms with van der Waals surface area (Å²) in [6.45, 7) is 0.554. The average Bonchev–Trinajstić information content (AvgIpc) is 2.65. The van der Waals surface area contributed by atoms with Gasteiger partial charge in [0.25, 0.3) is 0 Å². The van der Waals surface area contributed by atoms with E-state index in [0.717, 1.165) is 31.4 Å². The fraction of sp³-hybridized carbons (Fsp3) is 0.500. The van der Waals surface area contributed by atoms with E-state index < -0.39 is 5.60 Å². The van der Waals surface area contributed by atoms with Crippen LogP contribution in [0.2, 0.25) is 0 Å². The predicted molar refractivity (Wildman–Crippen MR) is 58.3 cm³/mol. The molecule has 2 nitrogen and oxygen atoms in total. The average molecular weight is 209 g/mol. The molecule has 0 unspecified atom stereocenters. The molecule has 0 aromatic heterocycles. The first kappa shape index (κ1) is 10.4. The maximum absolute atomic E-state index is 12.6. The Hall–Kier alpha value is -1.09. The highest BCUT2D eigenvalue weighted by atomic mass is 19.1. The fourth-order valence-corrected chi connectivity index (χ4v) is 2.04. The van der Waals surface area contributed by atoms with Crippen LogP contribution in [0.3, 0.4) is 0 Å². The standard InChI is InChI=1S/C12H16FNO/c13-10-3-5-11(6-4-10)14-9-12(15)7-1-2-8-12/h3-6,14-15H,1-2,7-9H2. The van der Waals surface area contributed by atoms with E-state index in [1.807, 2.05) is 0 Å². The summed E-state index contributed by atoms with van der Waals surface area (Å²) in [6, 6.07) is 6.21. The summed E-state index contributed by atoms with van der Waals surface area (Å²) in [5.74, 6) is -0.236. The van der Waals surface area contributed by atoms with Gasteiger partial charge in [-0.3, -0.25) is 0 Å². The van der Waals surface area contributed by atoms with Gasteiger partial charge in [0.1, 0.15) is 5.82 Å². The Bertz CT molecular complexity index is 317. The molecular weight excluding hydrogens is 193 g/mol. The second kappa shape index (κ2) is 4.19. The maximum atomic E-state index is 12.6. The first-order valence-electron chi connectivity index (χ1n) is 5.40. The van der Waals surface area contributed by atoms with E-state index >= 15 is 0 Å². The number of benzene rings is 1. The van der Waals surface area contributed by atoms with Crippen molar-refractivity contribution in [2.45, 2.75) is 31.3 Å². The van der Waals surface area contributed by atoms with E-state index in [1.54, 1.807) is 12.1 Å². The molecule has 1 aliphatic rings. The van der Waals surface area contributed by atoms with Crippen molar-refractivity contribution in [1.29, 1.82) is 0 Å². The van der Waals surface area contributed by atoms with Crippen molar-refractivity contribution in [2.24, 2.45) is 0 Å². The van der Waals surface area contributed by atoms with E-state index in [1.165, 1.54) is 12.1 Å². The molecule has 2 N–H and O–H groups in total. The van der Waals surface area contributed by atoms with E-state index in [-0.39, 0.29) is 5.82 Å². The second-order valence-corrected chi connectivity index (χ2v) is 4.29. The SMILES string of the molecule is OC1(CNc2ccc(F)cc2)CCCC1. The largest absolute Gasteiger partial charge is 0.388 e. The third kappa shape index (κ3) is 2.69. The second-order valence-electron chi connectivity index (χ2n) is 4.29. The van der Waals surface area contributed by atoms with Gasteiger partial charge in [0.05, 0.1) is 5.60 Å². The number of hydrogen-bond acceptors (Lipinski definition) is 2. The summed E-state index contributed by atoms with van der Waals surface area (Å²) in [7, 11) is 0. The number of anilines is 1. The molecule has 0 saturated heterocycles. The Labute approximate surface area is 89.1 Å². The van der Waals surface area contributed by atoms with Crippen molar-refractivity contribution >= 4 is 5.69 Å². The highest BCUT2D eigenvalue weighted by Gasteiger charge is 2.30. The molecule has 0 radical (unpaired) electrons. The summed E-state index contributed by atoms with van der Waals surface area (Å²) in [5, 5.41) is 13.2. The van der Waals surface area contributed by atoms with Crippen LogP contribution >= 0.6 is 0 Å². The fourth-order valence-electron chi connectivity index (χ4n) is 2.04. The topological polar surface area (TPSA) is 32.3 Å². The zero-order valence-electron chi connectivity index (χ0n) is 8.67. The van der Waals surface area contributed by atoms with E-state index in [4.69, 9.17) is 0 Å². The molecule has 3 heteroatoms. The van der Waals surface area contributed by atoms with E-state index in [9.17, 15) is 9.50 Å². The molecule has 0 amide bonds. The molecule has 1 saturated carbocycles. The van der Waals surface area contributed by atoms with Crippen LogP contribution in [-0.4, -0.2) is 17.3 Å². The molecule has 15 heavy (non-hydrogen) atoms. The quantitative estimate of drug-likeness (QED) is 0.801. The van der Waals surface area contributed by atoms with Gasteiger partial charge in [-0.25, -0.2) is 4.39 Å². The molecule has 0 heterocycles. The van der Waals surface area contributed by atoms with Crippen LogP contribution in [0.1, 0.15) is 25.7 Å². The van der Waals surface area contributed by atoms with Crippen molar-refractivity contribution in [2.75, 3.05) is 11.9 Å². The smallest absolute Gasteiger partial charge is 0.123 e. The van der Waals surface area contributed by atoms with Gasteiger partial charge < -0.3 is 10.4 Å². The molecule has 0 spiro atoms. The van der Waals surface area contributed by atoms with Crippen molar-refractivity contribution < 1.29 is 9.50 Å². The van der Waals surface area contributed by atoms with Gasteiger partial charge in [-0.05, 0) is 37.1 Å². The number of nitrogens with one attached hydrogen (secondary N) is 1. The lowest BCUT2D eigenvalue weighted by Crippen LogP contribution is -2.33. The number of hydrogen-bond donors (Lipinski definition) is 2. The first-order chi connectivity index (χ1) is 7.18. The molecule has 1 aliphatic carbocycles. The number of aliphatic hydroxyl groups is 1. The Kier molecular flexibility index (Phi) is 2.91. The minimum Gasteiger partial charge on any atom is -0.388 e. The lowest BCUT2D eigenvalue weighted by molar-refractivity contribution is 0.0615. The van der Waals surface area contributed by atoms with Crippen LogP contribution in [0.15, 0.2) is 24.3 Å². The van der Waals surface area contributed by atoms with Gasteiger partial charge in [-0.2, -0.15) is 0 Å². The minimum atomic E-state index is -0.561. The molecule has 2 rings (SSSR count). The highest BCUT2D eigenvalue weighted by molar-refractivity contribution is 5.43. The molecular formula is C12H16FNO. The molecule has 82 valence electrons. The lowest BCUT2D eigenvalue weighted by atomic mass is 10.0. The molecule has 0 aliphatic heterocycles. The summed E-state index contributed by atoms with van der Waals surface area (Å²) in [6.07, 6.45) is 3.92. The molecule has 0 bridgehead atoms. The van der Waals surface area contributed by atoms with Gasteiger partial charge in [-0.1, -0.05) is 12.8 Å². The summed E-state index contributed by atoms with van der Waals surface area (Å²) in [4.78, 5) is 0. The zero-order chi connectivity index (χ0) is 10.7. The van der Waals surface area contributed by atoms with Gasteiger partial charge in [0, 0.05) is 12.2 Å². The van der Waals surface area contributed by atoms with Gasteiger partial charge in [0.15, 0.2) is 0 Å². The van der Waals surface area contributed by atoms with Crippen LogP contribution in [-0.2, 0) is 0 Å². The van der Waals surface area contributed by atoms with E-state index in [2.05, 4.69) is 5.32 Å². The van der Waals surface area contributed by atoms with Crippen LogP contribution < -0.4 is 5.32 Å². The predicted octanol–water partition coefficient (Wildman–Crippen LogP) is 2.54. The van der Waals surface area contributed by atoms with Crippen molar-refractivity contribution in [1.82, 2.24) is 0 Å². The van der Waals surface area contributed by atoms with Crippen LogP contribution in [0.5, 0.6) is 0 Å². The van der Waals surface area contributed by atoms with Crippen molar-refractivity contribution in [3.63, 3.8) is 0 Å². The maximum Gasteiger partial charge on any atom is 0.123 e. The minimum absolute atomic E-state index is 0.236. The van der Waals surface area contributed by atoms with Crippen LogP contribution in [0.25, 0.3) is 0 Å². The van der Waals surface area contributed by atoms with Gasteiger partial charge >= 0.3 is 0 Å². The lowest BCUT2D eigenvalue weighted by Gasteiger charge is -2.22. The number of halogens is 1. The third-order valence-electron chi connectivity index (χ3n) is 3.00. The van der Waals surface area contributed by atoms with Crippen molar-refractivity contribution in [3.05, 3.63) is 30.1 Å². The first-order valence-corrected chi connectivity index (χ1v) is 5.40. The summed E-state index contributed by atoms with van der Waals surface area (Å²) < 4.78 is 12.6. The molecule has 1 aromatic rings. The van der Waals surface area contributed by atoms with Gasteiger partial charge in [-0.15, -0.1) is 0 Å². The molecule has 1 fully saturated rings. The van der Waals surface area contributed by atoms with Crippen LogP contribution in [0.4, 0.5) is 10.1 Å². The Morgan fingerprint density at radius 1 is 1.20 bits per heavy atom. The van der Waals surface area contributed by atoms with Gasteiger partial charge in [0.2, 0.25) is 0 Å². The van der Waals surface area contributed by atoms with Crippen molar-refractivity contribution in [3.8, 4) is 0 Å². The number of rotatable bonds is 3. The Morgan fingerprint density at radius 3 is 2.40 bits per heavy atom. The van der Waals surface area contributed by atoms with Crippen LogP contribution in [0, 0.1) is 5.82 Å². The molecule has 0 atom stereocenters. The third-order valence-corrected chi connectivity index (χ3v) is 3.00. The monoisotopic (exact) mass is 209 g/mol. The van der Waals surface area contributed by atoms with E-state index in [0.29, 0.717) is 6.54 Å². The summed E-state index contributed by atoms with van der Waals surface area (Å²) in [5.41, 5.74) is 0.297. The normalized spacial score (nSPS) is 19.1. The Balaban J connectivity index is 1.90.